The van der Waals surface area contributed by atoms with Crippen LogP contribution >= 0.6 is 0 Å². The van der Waals surface area contributed by atoms with Crippen LogP contribution in [-0.2, 0) is 16.1 Å². The molecular weight excluding hydrogens is 320 g/mol. The van der Waals surface area contributed by atoms with Crippen molar-refractivity contribution in [1.29, 1.82) is 0 Å². The highest BCUT2D eigenvalue weighted by atomic mass is 16.2. The van der Waals surface area contributed by atoms with E-state index in [9.17, 15) is 14.4 Å². The Labute approximate surface area is 144 Å². The zero-order valence-corrected chi connectivity index (χ0v) is 13.5. The number of hydrogen-bond donors (Lipinski definition) is 3. The van der Waals surface area contributed by atoms with Crippen LogP contribution in [-0.4, -0.2) is 28.7 Å². The number of nitrogens with one attached hydrogen (secondary N) is 3. The average molecular weight is 338 g/mol. The highest BCUT2D eigenvalue weighted by molar-refractivity contribution is 6.40. The molecule has 0 bridgehead atoms. The van der Waals surface area contributed by atoms with E-state index in [2.05, 4.69) is 20.9 Å². The Morgan fingerprint density at radius 1 is 1.00 bits per heavy atom. The first-order valence-corrected chi connectivity index (χ1v) is 8.01. The third-order valence-electron chi connectivity index (χ3n) is 3.74. The van der Waals surface area contributed by atoms with Crippen LogP contribution < -0.4 is 16.0 Å². The molecule has 0 unspecified atom stereocenters. The fourth-order valence-corrected chi connectivity index (χ4v) is 2.22. The van der Waals surface area contributed by atoms with Crippen LogP contribution in [0.2, 0.25) is 0 Å². The second-order valence-corrected chi connectivity index (χ2v) is 5.79. The lowest BCUT2D eigenvalue weighted by Gasteiger charge is -2.11. The zero-order valence-electron chi connectivity index (χ0n) is 13.5. The lowest BCUT2D eigenvalue weighted by Crippen LogP contribution is -2.35. The van der Waals surface area contributed by atoms with Crippen LogP contribution in [0.5, 0.6) is 0 Å². The van der Waals surface area contributed by atoms with Gasteiger partial charge in [-0.05, 0) is 42.7 Å². The predicted molar refractivity (Wildman–Crippen MR) is 91.6 cm³/mol. The predicted octanol–water partition coefficient (Wildman–Crippen LogP) is 1.23. The van der Waals surface area contributed by atoms with Gasteiger partial charge in [-0.25, -0.2) is 0 Å². The maximum Gasteiger partial charge on any atom is 0.313 e. The van der Waals surface area contributed by atoms with Crippen LogP contribution in [0.4, 0.5) is 5.69 Å². The monoisotopic (exact) mass is 338 g/mol. The van der Waals surface area contributed by atoms with E-state index in [0.717, 1.165) is 18.4 Å². The Morgan fingerprint density at radius 2 is 1.72 bits per heavy atom. The molecule has 7 nitrogen and oxygen atoms in total. The summed E-state index contributed by atoms with van der Waals surface area (Å²) in [6, 6.07) is 10.3. The Bertz CT molecular complexity index is 788. The molecule has 1 saturated carbocycles. The quantitative estimate of drug-likeness (QED) is 0.714. The molecule has 3 rings (SSSR count). The normalized spacial score (nSPS) is 13.0. The minimum Gasteiger partial charge on any atom is -0.349 e. The largest absolute Gasteiger partial charge is 0.349 e. The van der Waals surface area contributed by atoms with Gasteiger partial charge in [0.05, 0.1) is 11.3 Å². The summed E-state index contributed by atoms with van der Waals surface area (Å²) in [5.74, 6) is -1.84. The zero-order chi connectivity index (χ0) is 17.6. The summed E-state index contributed by atoms with van der Waals surface area (Å²) in [4.78, 5) is 40.1. The summed E-state index contributed by atoms with van der Waals surface area (Å²) in [6.45, 7) is 0.221. The summed E-state index contributed by atoms with van der Waals surface area (Å²) >= 11 is 0. The van der Waals surface area contributed by atoms with Gasteiger partial charge >= 0.3 is 11.8 Å². The fourth-order valence-electron chi connectivity index (χ4n) is 2.22. The van der Waals surface area contributed by atoms with E-state index in [1.807, 2.05) is 0 Å². The maximum absolute atomic E-state index is 12.2. The number of benzene rings is 1. The Morgan fingerprint density at radius 3 is 2.44 bits per heavy atom. The SMILES string of the molecule is O=C(NCc1ccncc1)C(=O)Nc1ccccc1C(=O)NC1CC1. The van der Waals surface area contributed by atoms with E-state index in [1.54, 1.807) is 48.8 Å². The molecule has 1 aromatic carbocycles. The molecule has 0 radical (unpaired) electrons. The summed E-state index contributed by atoms with van der Waals surface area (Å²) in [6.07, 6.45) is 5.15. The van der Waals surface area contributed by atoms with Gasteiger partial charge in [0.2, 0.25) is 0 Å². The van der Waals surface area contributed by atoms with Crippen LogP contribution in [0.3, 0.4) is 0 Å². The number of nitrogens with zero attached hydrogens (tertiary/aromatic N) is 1. The second kappa shape index (κ2) is 7.57. The molecule has 1 fully saturated rings. The maximum atomic E-state index is 12.2. The molecule has 1 aliphatic rings. The standard InChI is InChI=1S/C18H18N4O3/c23-16(21-13-5-6-13)14-3-1-2-4-15(14)22-18(25)17(24)20-11-12-7-9-19-10-8-12/h1-4,7-10,13H,5-6,11H2,(H,20,24)(H,21,23)(H,22,25). The average Bonchev–Trinajstić information content (AvgIpc) is 3.45. The highest BCUT2D eigenvalue weighted by Crippen LogP contribution is 2.21. The van der Waals surface area contributed by atoms with Crippen LogP contribution in [0.25, 0.3) is 0 Å². The molecule has 1 heterocycles. The molecule has 1 aromatic heterocycles. The van der Waals surface area contributed by atoms with Gasteiger partial charge in [-0.2, -0.15) is 0 Å². The Balaban J connectivity index is 1.60. The van der Waals surface area contributed by atoms with Gasteiger partial charge in [-0.1, -0.05) is 12.1 Å². The van der Waals surface area contributed by atoms with E-state index in [0.29, 0.717) is 11.3 Å². The number of carbonyl (C=O) groups is 3. The molecule has 25 heavy (non-hydrogen) atoms. The smallest absolute Gasteiger partial charge is 0.313 e. The van der Waals surface area contributed by atoms with Crippen molar-refractivity contribution < 1.29 is 14.4 Å². The number of para-hydroxylation sites is 1. The number of amides is 3. The van der Waals surface area contributed by atoms with E-state index in [-0.39, 0.29) is 18.5 Å². The third kappa shape index (κ3) is 4.63. The Hall–Kier alpha value is -3.22. The molecule has 7 heteroatoms. The summed E-state index contributed by atoms with van der Waals surface area (Å²) in [5.41, 5.74) is 1.48. The van der Waals surface area contributed by atoms with Crippen LogP contribution in [0.1, 0.15) is 28.8 Å². The van der Waals surface area contributed by atoms with Crippen LogP contribution in [0.15, 0.2) is 48.8 Å². The van der Waals surface area contributed by atoms with Crippen molar-refractivity contribution in [3.63, 3.8) is 0 Å². The van der Waals surface area contributed by atoms with Gasteiger partial charge in [-0.15, -0.1) is 0 Å². The molecule has 3 N–H and O–H groups in total. The van der Waals surface area contributed by atoms with E-state index < -0.39 is 11.8 Å². The lowest BCUT2D eigenvalue weighted by atomic mass is 10.1. The summed E-state index contributed by atoms with van der Waals surface area (Å²) in [5, 5.41) is 7.89. The molecule has 0 aliphatic heterocycles. The summed E-state index contributed by atoms with van der Waals surface area (Å²) in [7, 11) is 0. The van der Waals surface area contributed by atoms with Crippen molar-refractivity contribution in [3.8, 4) is 0 Å². The van der Waals surface area contributed by atoms with Crippen LogP contribution in [0, 0.1) is 0 Å². The van der Waals surface area contributed by atoms with Crippen molar-refractivity contribution in [1.82, 2.24) is 15.6 Å². The van der Waals surface area contributed by atoms with Crippen molar-refractivity contribution in [2.75, 3.05) is 5.32 Å². The second-order valence-electron chi connectivity index (χ2n) is 5.79. The number of hydrogen-bond acceptors (Lipinski definition) is 4. The van der Waals surface area contributed by atoms with E-state index in [1.165, 1.54) is 0 Å². The molecule has 0 saturated heterocycles. The fraction of sp³-hybridized carbons (Fsp3) is 0.222. The summed E-state index contributed by atoms with van der Waals surface area (Å²) < 4.78 is 0. The molecule has 0 atom stereocenters. The van der Waals surface area contributed by atoms with Gasteiger partial charge in [0.25, 0.3) is 5.91 Å². The highest BCUT2D eigenvalue weighted by Gasteiger charge is 2.25. The minimum absolute atomic E-state index is 0.208. The number of anilines is 1. The first-order valence-electron chi connectivity index (χ1n) is 8.01. The Kier molecular flexibility index (Phi) is 5.03. The molecule has 0 spiro atoms. The number of aromatic nitrogens is 1. The molecule has 2 aromatic rings. The van der Waals surface area contributed by atoms with E-state index >= 15 is 0 Å². The number of rotatable bonds is 5. The first kappa shape index (κ1) is 16.6. The molecule has 3 amide bonds. The molecular formula is C18H18N4O3. The van der Waals surface area contributed by atoms with Gasteiger partial charge < -0.3 is 16.0 Å². The van der Waals surface area contributed by atoms with Crippen molar-refractivity contribution >= 4 is 23.4 Å². The number of carbonyl (C=O) groups excluding carboxylic acids is 3. The van der Waals surface area contributed by atoms with Crippen molar-refractivity contribution in [2.45, 2.75) is 25.4 Å². The molecule has 1 aliphatic carbocycles. The minimum atomic E-state index is -0.819. The third-order valence-corrected chi connectivity index (χ3v) is 3.74. The van der Waals surface area contributed by atoms with Gasteiger partial charge in [-0.3, -0.25) is 19.4 Å². The lowest BCUT2D eigenvalue weighted by molar-refractivity contribution is -0.136. The topological polar surface area (TPSA) is 100 Å². The van der Waals surface area contributed by atoms with Gasteiger partial charge in [0.15, 0.2) is 0 Å². The van der Waals surface area contributed by atoms with E-state index in [4.69, 9.17) is 0 Å². The molecule has 128 valence electrons. The number of pyridine rings is 1. The van der Waals surface area contributed by atoms with Gasteiger partial charge in [0, 0.05) is 25.0 Å². The first-order chi connectivity index (χ1) is 12.1. The van der Waals surface area contributed by atoms with Gasteiger partial charge in [0.1, 0.15) is 0 Å². The van der Waals surface area contributed by atoms with Crippen molar-refractivity contribution in [3.05, 3.63) is 59.9 Å². The van der Waals surface area contributed by atoms with Crippen molar-refractivity contribution in [2.24, 2.45) is 0 Å².